The van der Waals surface area contributed by atoms with E-state index in [1.54, 1.807) is 19.1 Å². The van der Waals surface area contributed by atoms with Crippen molar-refractivity contribution in [1.82, 2.24) is 5.32 Å². The molecule has 2 rings (SSSR count). The summed E-state index contributed by atoms with van der Waals surface area (Å²) in [5.74, 6) is 0.461. The van der Waals surface area contributed by atoms with E-state index in [2.05, 4.69) is 26.2 Å². The number of benzene rings is 1. The smallest absolute Gasteiger partial charge is 0.137 e. The third-order valence-electron chi connectivity index (χ3n) is 2.38. The molecule has 1 N–H and O–H groups in total. The van der Waals surface area contributed by atoms with E-state index in [1.807, 2.05) is 6.92 Å². The zero-order valence-corrected chi connectivity index (χ0v) is 10.2. The van der Waals surface area contributed by atoms with E-state index in [-0.39, 0.29) is 5.82 Å². The number of amidine groups is 1. The van der Waals surface area contributed by atoms with Crippen LogP contribution in [0.4, 0.5) is 4.39 Å². The Morgan fingerprint density at radius 1 is 1.53 bits per heavy atom. The highest BCUT2D eigenvalue weighted by atomic mass is 79.9. The topological polar surface area (TPSA) is 24.4 Å². The van der Waals surface area contributed by atoms with Crippen LogP contribution in [0.1, 0.15) is 18.1 Å². The van der Waals surface area contributed by atoms with Gasteiger partial charge in [0.1, 0.15) is 11.7 Å². The van der Waals surface area contributed by atoms with Crippen LogP contribution >= 0.6 is 15.9 Å². The fourth-order valence-corrected chi connectivity index (χ4v) is 2.19. The van der Waals surface area contributed by atoms with Crippen molar-refractivity contribution in [3.05, 3.63) is 33.5 Å². The van der Waals surface area contributed by atoms with Gasteiger partial charge < -0.3 is 5.32 Å². The minimum atomic E-state index is -0.196. The summed E-state index contributed by atoms with van der Waals surface area (Å²) in [6.07, 6.45) is 0. The molecule has 0 aliphatic carbocycles. The summed E-state index contributed by atoms with van der Waals surface area (Å²) in [5, 5.41) is 3.15. The van der Waals surface area contributed by atoms with Gasteiger partial charge >= 0.3 is 0 Å². The lowest BCUT2D eigenvalue weighted by molar-refractivity contribution is 0.614. The molecule has 1 aliphatic rings. The van der Waals surface area contributed by atoms with Gasteiger partial charge in [-0.15, -0.1) is 0 Å². The number of aryl methyl sites for hydroxylation is 1. The van der Waals surface area contributed by atoms with Gasteiger partial charge in [-0.25, -0.2) is 4.39 Å². The molecule has 1 unspecified atom stereocenters. The Hall–Kier alpha value is -0.900. The van der Waals surface area contributed by atoms with E-state index in [0.29, 0.717) is 29.5 Å². The predicted octanol–water partition coefficient (Wildman–Crippen LogP) is 2.63. The monoisotopic (exact) mass is 270 g/mol. The first-order valence-electron chi connectivity index (χ1n) is 4.85. The third-order valence-corrected chi connectivity index (χ3v) is 2.84. The molecule has 0 spiro atoms. The van der Waals surface area contributed by atoms with Crippen LogP contribution in [0, 0.1) is 12.7 Å². The Bertz CT molecular complexity index is 429. The van der Waals surface area contributed by atoms with Crippen LogP contribution in [0.15, 0.2) is 21.6 Å². The average molecular weight is 271 g/mol. The number of nitrogens with one attached hydrogen (secondary N) is 1. The average Bonchev–Trinajstić information content (AvgIpc) is 2.58. The van der Waals surface area contributed by atoms with E-state index >= 15 is 0 Å². The van der Waals surface area contributed by atoms with E-state index in [9.17, 15) is 4.39 Å². The number of aliphatic imine (C=N–C) groups is 1. The van der Waals surface area contributed by atoms with Crippen molar-refractivity contribution >= 4 is 21.8 Å². The van der Waals surface area contributed by atoms with Gasteiger partial charge in [0.05, 0.1) is 12.1 Å². The first-order chi connectivity index (χ1) is 7.08. The van der Waals surface area contributed by atoms with E-state index < -0.39 is 0 Å². The van der Waals surface area contributed by atoms with Crippen molar-refractivity contribution in [3.63, 3.8) is 0 Å². The summed E-state index contributed by atoms with van der Waals surface area (Å²) in [7, 11) is 0. The van der Waals surface area contributed by atoms with Gasteiger partial charge in [-0.05, 0) is 31.5 Å². The molecule has 0 saturated heterocycles. The lowest BCUT2D eigenvalue weighted by Crippen LogP contribution is -2.28. The minimum absolute atomic E-state index is 0.196. The van der Waals surface area contributed by atoms with E-state index in [1.165, 1.54) is 0 Å². The summed E-state index contributed by atoms with van der Waals surface area (Å²) in [6.45, 7) is 4.49. The van der Waals surface area contributed by atoms with Gasteiger partial charge in [0, 0.05) is 10.5 Å². The Morgan fingerprint density at radius 3 is 2.87 bits per heavy atom. The quantitative estimate of drug-likeness (QED) is 0.834. The lowest BCUT2D eigenvalue weighted by Gasteiger charge is -2.09. The molecule has 4 heteroatoms. The molecule has 1 atom stereocenters. The van der Waals surface area contributed by atoms with Crippen LogP contribution in [0.2, 0.25) is 0 Å². The molecule has 1 aliphatic heterocycles. The Morgan fingerprint density at radius 2 is 2.27 bits per heavy atom. The van der Waals surface area contributed by atoms with Gasteiger partial charge in [0.2, 0.25) is 0 Å². The van der Waals surface area contributed by atoms with E-state index in [0.717, 1.165) is 4.47 Å². The second-order valence-corrected chi connectivity index (χ2v) is 4.73. The fraction of sp³-hybridized carbons (Fsp3) is 0.364. The number of halogens is 2. The van der Waals surface area contributed by atoms with E-state index in [4.69, 9.17) is 0 Å². The maximum atomic E-state index is 13.8. The number of hydrogen-bond donors (Lipinski definition) is 1. The second-order valence-electron chi connectivity index (χ2n) is 3.82. The molecule has 2 nitrogen and oxygen atoms in total. The highest BCUT2D eigenvalue weighted by Crippen LogP contribution is 2.21. The SMILES string of the molecule is Cc1cc(Br)cc(C2=NCC(C)N2)c1F. The number of rotatable bonds is 1. The molecule has 0 fully saturated rings. The zero-order chi connectivity index (χ0) is 11.0. The fourth-order valence-electron chi connectivity index (χ4n) is 1.61. The van der Waals surface area contributed by atoms with Crippen LogP contribution in [0.5, 0.6) is 0 Å². The molecule has 80 valence electrons. The van der Waals surface area contributed by atoms with Gasteiger partial charge in [-0.3, -0.25) is 4.99 Å². The number of hydrogen-bond acceptors (Lipinski definition) is 2. The lowest BCUT2D eigenvalue weighted by atomic mass is 10.1. The van der Waals surface area contributed by atoms with Crippen molar-refractivity contribution < 1.29 is 4.39 Å². The van der Waals surface area contributed by atoms with Crippen molar-refractivity contribution in [2.75, 3.05) is 6.54 Å². The molecule has 1 heterocycles. The molecule has 0 bridgehead atoms. The first-order valence-corrected chi connectivity index (χ1v) is 5.64. The van der Waals surface area contributed by atoms with Crippen molar-refractivity contribution in [2.45, 2.75) is 19.9 Å². The summed E-state index contributed by atoms with van der Waals surface area (Å²) in [6, 6.07) is 3.81. The molecule has 15 heavy (non-hydrogen) atoms. The van der Waals surface area contributed by atoms with Gasteiger partial charge in [-0.2, -0.15) is 0 Å². The standard InChI is InChI=1S/C11H12BrFN2/c1-6-3-8(12)4-9(10(6)13)11-14-5-7(2)15-11/h3-4,7H,5H2,1-2H3,(H,14,15). The van der Waals surface area contributed by atoms with Crippen molar-refractivity contribution in [1.29, 1.82) is 0 Å². The summed E-state index contributed by atoms with van der Waals surface area (Å²) in [5.41, 5.74) is 1.18. The molecule has 0 saturated carbocycles. The van der Waals surface area contributed by atoms with Crippen LogP contribution in [0.3, 0.4) is 0 Å². The largest absolute Gasteiger partial charge is 0.365 e. The van der Waals surface area contributed by atoms with Crippen molar-refractivity contribution in [3.8, 4) is 0 Å². The number of nitrogens with zero attached hydrogens (tertiary/aromatic N) is 1. The van der Waals surface area contributed by atoms with Crippen LogP contribution in [-0.4, -0.2) is 18.4 Å². The van der Waals surface area contributed by atoms with Crippen LogP contribution in [0.25, 0.3) is 0 Å². The minimum Gasteiger partial charge on any atom is -0.365 e. The summed E-state index contributed by atoms with van der Waals surface area (Å²) < 4.78 is 14.7. The van der Waals surface area contributed by atoms with Crippen molar-refractivity contribution in [2.24, 2.45) is 4.99 Å². The molecule has 0 radical (unpaired) electrons. The van der Waals surface area contributed by atoms with Gasteiger partial charge in [-0.1, -0.05) is 15.9 Å². The zero-order valence-electron chi connectivity index (χ0n) is 8.64. The van der Waals surface area contributed by atoms with Gasteiger partial charge in [0.15, 0.2) is 0 Å². The first kappa shape index (κ1) is 10.6. The predicted molar refractivity (Wildman–Crippen MR) is 62.8 cm³/mol. The third kappa shape index (κ3) is 2.04. The Labute approximate surface area is 96.7 Å². The van der Waals surface area contributed by atoms with Crippen LogP contribution in [-0.2, 0) is 0 Å². The Balaban J connectivity index is 2.44. The highest BCUT2D eigenvalue weighted by molar-refractivity contribution is 9.10. The molecule has 1 aromatic rings. The second kappa shape index (κ2) is 3.93. The Kier molecular flexibility index (Phi) is 2.78. The molecule has 0 amide bonds. The maximum absolute atomic E-state index is 13.8. The summed E-state index contributed by atoms with van der Waals surface area (Å²) >= 11 is 3.36. The molecular formula is C11H12BrFN2. The normalized spacial score (nSPS) is 20.0. The molecule has 0 aromatic heterocycles. The molecule has 1 aromatic carbocycles. The summed E-state index contributed by atoms with van der Waals surface area (Å²) in [4.78, 5) is 4.27. The highest BCUT2D eigenvalue weighted by Gasteiger charge is 2.18. The maximum Gasteiger partial charge on any atom is 0.137 e. The van der Waals surface area contributed by atoms with Gasteiger partial charge in [0.25, 0.3) is 0 Å². The van der Waals surface area contributed by atoms with Crippen LogP contribution < -0.4 is 5.32 Å². The molecular weight excluding hydrogens is 259 g/mol.